The van der Waals surface area contributed by atoms with Crippen molar-refractivity contribution in [1.82, 2.24) is 10.0 Å². The Morgan fingerprint density at radius 1 is 1.10 bits per heavy atom. The van der Waals surface area contributed by atoms with Crippen molar-refractivity contribution in [3.63, 3.8) is 0 Å². The van der Waals surface area contributed by atoms with Gasteiger partial charge in [0.25, 0.3) is 0 Å². The van der Waals surface area contributed by atoms with Crippen LogP contribution in [-0.2, 0) is 16.6 Å². The van der Waals surface area contributed by atoms with E-state index in [4.69, 9.17) is 0 Å². The molecule has 1 aromatic rings. The molecule has 2 N–H and O–H groups in total. The normalized spacial score (nSPS) is 13.8. The van der Waals surface area contributed by atoms with Crippen LogP contribution in [0.4, 0.5) is 0 Å². The van der Waals surface area contributed by atoms with E-state index in [-0.39, 0.29) is 12.0 Å². The van der Waals surface area contributed by atoms with Crippen molar-refractivity contribution < 1.29 is 8.42 Å². The molecule has 0 saturated carbocycles. The highest BCUT2D eigenvalue weighted by molar-refractivity contribution is 7.89. The van der Waals surface area contributed by atoms with E-state index in [2.05, 4.69) is 10.0 Å². The van der Waals surface area contributed by atoms with Gasteiger partial charge in [0.15, 0.2) is 0 Å². The van der Waals surface area contributed by atoms with Gasteiger partial charge in [-0.25, -0.2) is 13.1 Å². The summed E-state index contributed by atoms with van der Waals surface area (Å²) in [6, 6.07) is 3.62. The fourth-order valence-electron chi connectivity index (χ4n) is 1.99. The predicted molar refractivity (Wildman–Crippen MR) is 83.3 cm³/mol. The molecule has 5 heteroatoms. The molecule has 1 rings (SSSR count). The van der Waals surface area contributed by atoms with Crippen molar-refractivity contribution in [2.45, 2.75) is 52.1 Å². The topological polar surface area (TPSA) is 58.2 Å². The standard InChI is InChI=1S/C15H26N2O2S/c1-10(2)13(5)17-20(18,19)15-8-14(9-16-6)11(3)7-12(15)4/h7-8,10,13,16-17H,9H2,1-6H3. The minimum Gasteiger partial charge on any atom is -0.316 e. The molecule has 0 amide bonds. The van der Waals surface area contributed by atoms with Gasteiger partial charge in [0.05, 0.1) is 4.90 Å². The lowest BCUT2D eigenvalue weighted by molar-refractivity contribution is 0.476. The van der Waals surface area contributed by atoms with E-state index >= 15 is 0 Å². The van der Waals surface area contributed by atoms with Gasteiger partial charge >= 0.3 is 0 Å². The summed E-state index contributed by atoms with van der Waals surface area (Å²) in [6.07, 6.45) is 0. The van der Waals surface area contributed by atoms with Gasteiger partial charge < -0.3 is 5.32 Å². The molecule has 1 atom stereocenters. The number of rotatable bonds is 6. The third-order valence-electron chi connectivity index (χ3n) is 3.63. The SMILES string of the molecule is CNCc1cc(S(=O)(=O)NC(C)C(C)C)c(C)cc1C. The molecule has 0 aliphatic carbocycles. The first kappa shape index (κ1) is 17.1. The van der Waals surface area contributed by atoms with Crippen molar-refractivity contribution in [2.24, 2.45) is 5.92 Å². The third-order valence-corrected chi connectivity index (χ3v) is 5.33. The number of hydrogen-bond acceptors (Lipinski definition) is 3. The van der Waals surface area contributed by atoms with Crippen LogP contribution in [0.1, 0.15) is 37.5 Å². The molecule has 114 valence electrons. The quantitative estimate of drug-likeness (QED) is 0.847. The second kappa shape index (κ2) is 6.70. The third kappa shape index (κ3) is 4.04. The number of aryl methyl sites for hydroxylation is 2. The Bertz CT molecular complexity index is 565. The maximum Gasteiger partial charge on any atom is 0.241 e. The van der Waals surface area contributed by atoms with Crippen LogP contribution in [0.3, 0.4) is 0 Å². The van der Waals surface area contributed by atoms with E-state index in [0.29, 0.717) is 11.4 Å². The predicted octanol–water partition coefficient (Wildman–Crippen LogP) is 2.35. The zero-order valence-corrected chi connectivity index (χ0v) is 14.1. The summed E-state index contributed by atoms with van der Waals surface area (Å²) in [5, 5.41) is 3.07. The second-order valence-electron chi connectivity index (χ2n) is 5.73. The van der Waals surface area contributed by atoms with Gasteiger partial charge in [-0.3, -0.25) is 0 Å². The van der Waals surface area contributed by atoms with Gasteiger partial charge in [0, 0.05) is 12.6 Å². The molecule has 0 bridgehead atoms. The van der Waals surface area contributed by atoms with E-state index in [9.17, 15) is 8.42 Å². The largest absolute Gasteiger partial charge is 0.316 e. The molecule has 0 aromatic heterocycles. The lowest BCUT2D eigenvalue weighted by Crippen LogP contribution is -2.36. The first-order chi connectivity index (χ1) is 9.19. The summed E-state index contributed by atoms with van der Waals surface area (Å²) in [7, 11) is -1.62. The average molecular weight is 298 g/mol. The van der Waals surface area contributed by atoms with E-state index in [0.717, 1.165) is 16.7 Å². The minimum absolute atomic E-state index is 0.0894. The first-order valence-electron chi connectivity index (χ1n) is 6.96. The smallest absolute Gasteiger partial charge is 0.241 e. The number of benzene rings is 1. The fraction of sp³-hybridized carbons (Fsp3) is 0.600. The maximum atomic E-state index is 12.5. The van der Waals surface area contributed by atoms with Gasteiger partial charge in [0.2, 0.25) is 10.0 Å². The highest BCUT2D eigenvalue weighted by Crippen LogP contribution is 2.21. The molecule has 0 aliphatic heterocycles. The molecule has 0 fully saturated rings. The Labute approximate surface area is 123 Å². The highest BCUT2D eigenvalue weighted by atomic mass is 32.2. The summed E-state index contributed by atoms with van der Waals surface area (Å²) in [4.78, 5) is 0.376. The van der Waals surface area contributed by atoms with Gasteiger partial charge in [-0.1, -0.05) is 19.9 Å². The van der Waals surface area contributed by atoms with Crippen LogP contribution in [0, 0.1) is 19.8 Å². The number of hydrogen-bond donors (Lipinski definition) is 2. The van der Waals surface area contributed by atoms with Crippen molar-refractivity contribution in [2.75, 3.05) is 7.05 Å². The average Bonchev–Trinajstić information content (AvgIpc) is 2.31. The summed E-state index contributed by atoms with van der Waals surface area (Å²) >= 11 is 0. The zero-order chi connectivity index (χ0) is 15.5. The van der Waals surface area contributed by atoms with Crippen LogP contribution in [0.2, 0.25) is 0 Å². The molecule has 0 radical (unpaired) electrons. The van der Waals surface area contributed by atoms with Crippen LogP contribution in [0.25, 0.3) is 0 Å². The Morgan fingerprint density at radius 2 is 1.70 bits per heavy atom. The molecule has 1 unspecified atom stereocenters. The molecule has 20 heavy (non-hydrogen) atoms. The molecular weight excluding hydrogens is 272 g/mol. The van der Waals surface area contributed by atoms with E-state index in [1.807, 2.05) is 47.7 Å². The number of nitrogens with one attached hydrogen (secondary N) is 2. The van der Waals surface area contributed by atoms with Crippen molar-refractivity contribution in [3.8, 4) is 0 Å². The van der Waals surface area contributed by atoms with Crippen LogP contribution in [-0.4, -0.2) is 21.5 Å². The van der Waals surface area contributed by atoms with E-state index < -0.39 is 10.0 Å². The lowest BCUT2D eigenvalue weighted by Gasteiger charge is -2.19. The minimum atomic E-state index is -3.47. The van der Waals surface area contributed by atoms with Gasteiger partial charge in [0.1, 0.15) is 0 Å². The maximum absolute atomic E-state index is 12.5. The molecule has 0 heterocycles. The van der Waals surface area contributed by atoms with Gasteiger partial charge in [-0.05, 0) is 56.5 Å². The summed E-state index contributed by atoms with van der Waals surface area (Å²) in [6.45, 7) is 10.4. The Kier molecular flexibility index (Phi) is 5.74. The molecule has 0 saturated heterocycles. The van der Waals surface area contributed by atoms with Gasteiger partial charge in [-0.2, -0.15) is 0 Å². The second-order valence-corrected chi connectivity index (χ2v) is 7.41. The Balaban J connectivity index is 3.21. The Morgan fingerprint density at radius 3 is 2.20 bits per heavy atom. The van der Waals surface area contributed by atoms with Crippen LogP contribution >= 0.6 is 0 Å². The summed E-state index contributed by atoms with van der Waals surface area (Å²) in [5.41, 5.74) is 2.90. The fourth-order valence-corrected chi connectivity index (χ4v) is 3.66. The van der Waals surface area contributed by atoms with Crippen molar-refractivity contribution >= 4 is 10.0 Å². The van der Waals surface area contributed by atoms with Gasteiger partial charge in [-0.15, -0.1) is 0 Å². The Hall–Kier alpha value is -0.910. The molecule has 0 spiro atoms. The molecular formula is C15H26N2O2S. The van der Waals surface area contributed by atoms with Crippen LogP contribution in [0.5, 0.6) is 0 Å². The van der Waals surface area contributed by atoms with E-state index in [1.54, 1.807) is 6.07 Å². The van der Waals surface area contributed by atoms with E-state index in [1.165, 1.54) is 0 Å². The van der Waals surface area contributed by atoms with Crippen LogP contribution in [0.15, 0.2) is 17.0 Å². The first-order valence-corrected chi connectivity index (χ1v) is 8.44. The summed E-state index contributed by atoms with van der Waals surface area (Å²) < 4.78 is 27.8. The molecule has 0 aliphatic rings. The monoisotopic (exact) mass is 298 g/mol. The van der Waals surface area contributed by atoms with Crippen LogP contribution < -0.4 is 10.0 Å². The molecule has 4 nitrogen and oxygen atoms in total. The highest BCUT2D eigenvalue weighted by Gasteiger charge is 2.22. The summed E-state index contributed by atoms with van der Waals surface area (Å²) in [5.74, 6) is 0.257. The van der Waals surface area contributed by atoms with Crippen molar-refractivity contribution in [3.05, 3.63) is 28.8 Å². The molecule has 1 aromatic carbocycles. The van der Waals surface area contributed by atoms with Crippen molar-refractivity contribution in [1.29, 1.82) is 0 Å². The lowest BCUT2D eigenvalue weighted by atomic mass is 10.1. The zero-order valence-electron chi connectivity index (χ0n) is 13.2. The number of sulfonamides is 1.